The monoisotopic (exact) mass is 531 g/mol. The first-order chi connectivity index (χ1) is 18.2. The number of carbonyl (C=O) groups excluding carboxylic acids is 1. The van der Waals surface area contributed by atoms with Crippen LogP contribution in [0, 0.1) is 19.3 Å². The van der Waals surface area contributed by atoms with Gasteiger partial charge in [0.25, 0.3) is 11.5 Å². The van der Waals surface area contributed by atoms with Gasteiger partial charge in [0.1, 0.15) is 0 Å². The summed E-state index contributed by atoms with van der Waals surface area (Å²) in [5.74, 6) is 0.453. The van der Waals surface area contributed by atoms with Gasteiger partial charge in [0, 0.05) is 54.3 Å². The summed E-state index contributed by atoms with van der Waals surface area (Å²) in [7, 11) is 0. The highest BCUT2D eigenvalue weighted by atomic mass is 32.2. The Morgan fingerprint density at radius 2 is 1.82 bits per heavy atom. The minimum Gasteiger partial charge on any atom is -0.337 e. The number of anilines is 1. The third-order valence-electron chi connectivity index (χ3n) is 8.05. The van der Waals surface area contributed by atoms with Crippen LogP contribution >= 0.6 is 11.9 Å². The average molecular weight is 532 g/mol. The van der Waals surface area contributed by atoms with Crippen molar-refractivity contribution in [2.45, 2.75) is 57.9 Å². The van der Waals surface area contributed by atoms with Gasteiger partial charge in [0.05, 0.1) is 5.69 Å². The molecule has 1 aromatic heterocycles. The molecule has 1 aliphatic carbocycles. The van der Waals surface area contributed by atoms with E-state index in [2.05, 4.69) is 33.4 Å². The second-order valence-electron chi connectivity index (χ2n) is 11.2. The van der Waals surface area contributed by atoms with Crippen LogP contribution in [0.1, 0.15) is 54.6 Å². The van der Waals surface area contributed by atoms with E-state index in [1.165, 1.54) is 30.9 Å². The van der Waals surface area contributed by atoms with Crippen molar-refractivity contribution < 1.29 is 4.79 Å². The number of nitrogens with one attached hydrogen (secondary N) is 2. The first kappa shape index (κ1) is 26.5. The van der Waals surface area contributed by atoms with Crippen molar-refractivity contribution in [3.63, 3.8) is 0 Å². The molecule has 0 radical (unpaired) electrons. The molecule has 5 rings (SSSR count). The summed E-state index contributed by atoms with van der Waals surface area (Å²) >= 11 is 1.33. The smallest absolute Gasteiger partial charge is 0.253 e. The maximum absolute atomic E-state index is 13.4. The summed E-state index contributed by atoms with van der Waals surface area (Å²) in [4.78, 5) is 38.7. The Labute approximate surface area is 229 Å². The predicted octanol–water partition coefficient (Wildman–Crippen LogP) is 5.51. The number of aromatic amines is 1. The molecule has 38 heavy (non-hydrogen) atoms. The number of aryl methyl sites for hydroxylation is 2. The Morgan fingerprint density at radius 1 is 1.05 bits per heavy atom. The Bertz CT molecular complexity index is 1360. The van der Waals surface area contributed by atoms with Crippen molar-refractivity contribution in [3.8, 4) is 11.3 Å². The van der Waals surface area contributed by atoms with E-state index in [4.69, 9.17) is 0 Å². The van der Waals surface area contributed by atoms with E-state index in [1.807, 2.05) is 61.2 Å². The molecule has 0 spiro atoms. The van der Waals surface area contributed by atoms with Gasteiger partial charge >= 0.3 is 0 Å². The van der Waals surface area contributed by atoms with Crippen LogP contribution in [0.5, 0.6) is 0 Å². The molecular formula is C30H37N5O2S. The Hall–Kier alpha value is -3.10. The topological polar surface area (TPSA) is 81.3 Å². The molecule has 2 heterocycles. The van der Waals surface area contributed by atoms with Gasteiger partial charge in [-0.2, -0.15) is 0 Å². The highest BCUT2D eigenvalue weighted by Gasteiger charge is 2.42. The van der Waals surface area contributed by atoms with Gasteiger partial charge in [-0.05, 0) is 79.8 Å². The number of H-pyrrole nitrogens is 1. The number of hydrogen-bond acceptors (Lipinski definition) is 6. The largest absolute Gasteiger partial charge is 0.337 e. The second-order valence-corrected chi connectivity index (χ2v) is 12.1. The molecule has 2 N–H and O–H groups in total. The fourth-order valence-electron chi connectivity index (χ4n) is 5.81. The van der Waals surface area contributed by atoms with Gasteiger partial charge in [-0.1, -0.05) is 38.1 Å². The van der Waals surface area contributed by atoms with Crippen molar-refractivity contribution in [2.75, 3.05) is 30.9 Å². The lowest BCUT2D eigenvalue weighted by Crippen LogP contribution is -2.53. The summed E-state index contributed by atoms with van der Waals surface area (Å²) in [5.41, 5.74) is 4.59. The third kappa shape index (κ3) is 5.66. The predicted molar refractivity (Wildman–Crippen MR) is 155 cm³/mol. The quantitative estimate of drug-likeness (QED) is 0.408. The van der Waals surface area contributed by atoms with E-state index in [9.17, 15) is 9.59 Å². The fraction of sp³-hybridized carbons (Fsp3) is 0.433. The van der Waals surface area contributed by atoms with Gasteiger partial charge in [-0.25, -0.2) is 4.98 Å². The normalized spacial score (nSPS) is 19.5. The molecule has 8 heteroatoms. The molecule has 2 aliphatic rings. The summed E-state index contributed by atoms with van der Waals surface area (Å²) in [6, 6.07) is 15.8. The zero-order chi connectivity index (χ0) is 26.9. The van der Waals surface area contributed by atoms with E-state index in [1.54, 1.807) is 0 Å². The number of hydrogen-bond donors (Lipinski definition) is 2. The van der Waals surface area contributed by atoms with Gasteiger partial charge in [-0.15, -0.1) is 0 Å². The minimum absolute atomic E-state index is 0.0747. The fourth-order valence-corrected chi connectivity index (χ4v) is 6.46. The molecule has 2 aromatic carbocycles. The number of rotatable bonds is 6. The molecule has 1 saturated carbocycles. The molecule has 1 atom stereocenters. The Morgan fingerprint density at radius 3 is 2.53 bits per heavy atom. The molecule has 3 aromatic rings. The van der Waals surface area contributed by atoms with Crippen molar-refractivity contribution in [1.82, 2.24) is 19.8 Å². The summed E-state index contributed by atoms with van der Waals surface area (Å²) in [5, 5.41) is 0. The van der Waals surface area contributed by atoms with Gasteiger partial charge in [0.15, 0.2) is 0 Å². The Balaban J connectivity index is 1.25. The first-order valence-corrected chi connectivity index (χ1v) is 14.3. The van der Waals surface area contributed by atoms with Crippen molar-refractivity contribution in [2.24, 2.45) is 5.41 Å². The highest BCUT2D eigenvalue weighted by Crippen LogP contribution is 2.43. The van der Waals surface area contributed by atoms with E-state index in [-0.39, 0.29) is 11.5 Å². The Kier molecular flexibility index (Phi) is 7.63. The molecule has 1 aliphatic heterocycles. The summed E-state index contributed by atoms with van der Waals surface area (Å²) in [6.45, 7) is 12.3. The van der Waals surface area contributed by atoms with E-state index in [0.29, 0.717) is 28.7 Å². The van der Waals surface area contributed by atoms with Crippen molar-refractivity contribution in [3.05, 3.63) is 75.6 Å². The zero-order valence-electron chi connectivity index (χ0n) is 22.7. The molecule has 200 valence electrons. The average Bonchev–Trinajstić information content (AvgIpc) is 3.12. The van der Waals surface area contributed by atoms with Crippen LogP contribution in [0.25, 0.3) is 11.3 Å². The molecule has 1 unspecified atom stereocenters. The third-order valence-corrected chi connectivity index (χ3v) is 8.83. The van der Waals surface area contributed by atoms with Gasteiger partial charge < -0.3 is 4.90 Å². The molecular weight excluding hydrogens is 494 g/mol. The van der Waals surface area contributed by atoms with Crippen LogP contribution in [0.3, 0.4) is 0 Å². The standard InChI is InChI=1S/C30H37N5O2S/c1-20-8-5-9-21(2)27(20)24-19-26(36)32-29(31-24)33-38-23-11-6-10-22(18-23)28(37)35-15-7-14-34(16-17-35)25-12-13-30(25,3)4/h5-6,8-11,18-19,25H,7,12-17H2,1-4H3,(H2,31,32,33,36). The lowest BCUT2D eigenvalue weighted by molar-refractivity contribution is 0.00250. The number of nitrogens with zero attached hydrogens (tertiary/aromatic N) is 3. The zero-order valence-corrected chi connectivity index (χ0v) is 23.5. The van der Waals surface area contributed by atoms with Crippen molar-refractivity contribution >= 4 is 23.8 Å². The molecule has 1 amide bonds. The first-order valence-electron chi connectivity index (χ1n) is 13.5. The minimum atomic E-state index is -0.217. The van der Waals surface area contributed by atoms with E-state index >= 15 is 0 Å². The number of benzene rings is 2. The molecule has 0 bridgehead atoms. The van der Waals surface area contributed by atoms with Crippen LogP contribution in [0.15, 0.2) is 58.2 Å². The maximum atomic E-state index is 13.4. The second kappa shape index (κ2) is 10.9. The molecule has 7 nitrogen and oxygen atoms in total. The SMILES string of the molecule is Cc1cccc(C)c1-c1cc(=O)[nH]c(NSc2cccc(C(=O)N3CCCN(C4CCC4(C)C)CC3)c2)n1. The number of aromatic nitrogens is 2. The lowest BCUT2D eigenvalue weighted by Gasteiger charge is -2.50. The van der Waals surface area contributed by atoms with Gasteiger partial charge in [-0.3, -0.25) is 24.2 Å². The molecule has 1 saturated heterocycles. The van der Waals surface area contributed by atoms with E-state index < -0.39 is 0 Å². The molecule has 2 fully saturated rings. The summed E-state index contributed by atoms with van der Waals surface area (Å²) in [6.07, 6.45) is 3.55. The number of amides is 1. The van der Waals surface area contributed by atoms with E-state index in [0.717, 1.165) is 54.2 Å². The number of carbonyl (C=O) groups is 1. The van der Waals surface area contributed by atoms with Gasteiger partial charge in [0.2, 0.25) is 5.95 Å². The summed E-state index contributed by atoms with van der Waals surface area (Å²) < 4.78 is 3.16. The van der Waals surface area contributed by atoms with Crippen LogP contribution in [-0.2, 0) is 0 Å². The van der Waals surface area contributed by atoms with Crippen LogP contribution < -0.4 is 10.3 Å². The van der Waals surface area contributed by atoms with Crippen LogP contribution in [0.4, 0.5) is 5.95 Å². The lowest BCUT2D eigenvalue weighted by atomic mass is 9.66. The van der Waals surface area contributed by atoms with Crippen molar-refractivity contribution in [1.29, 1.82) is 0 Å². The highest BCUT2D eigenvalue weighted by molar-refractivity contribution is 8.00. The van der Waals surface area contributed by atoms with Crippen LogP contribution in [-0.4, -0.2) is 57.9 Å². The maximum Gasteiger partial charge on any atom is 0.253 e. The van der Waals surface area contributed by atoms with Crippen LogP contribution in [0.2, 0.25) is 0 Å².